The average Bonchev–Trinajstić information content (AvgIpc) is 2.42. The monoisotopic (exact) mass is 304 g/mol. The first-order chi connectivity index (χ1) is 10.3. The van der Waals surface area contributed by atoms with Gasteiger partial charge in [0.2, 0.25) is 0 Å². The van der Waals surface area contributed by atoms with Gasteiger partial charge in [0.15, 0.2) is 0 Å². The Morgan fingerprint density at radius 3 is 2.14 bits per heavy atom. The van der Waals surface area contributed by atoms with E-state index >= 15 is 0 Å². The quantitative estimate of drug-likeness (QED) is 0.882. The van der Waals surface area contributed by atoms with E-state index in [0.29, 0.717) is 5.56 Å². The molecule has 1 aromatic carbocycles. The number of fused-ring (bicyclic) bond motifs is 1. The first-order valence-corrected chi connectivity index (χ1v) is 7.88. The van der Waals surface area contributed by atoms with Crippen LogP contribution in [0.2, 0.25) is 0 Å². The number of benzene rings is 1. The van der Waals surface area contributed by atoms with Gasteiger partial charge in [-0.2, -0.15) is 0 Å². The molecule has 2 aliphatic rings. The first-order valence-electron chi connectivity index (χ1n) is 7.88. The van der Waals surface area contributed by atoms with Crippen LogP contribution < -0.4 is 0 Å². The molecule has 4 nitrogen and oxygen atoms in total. The van der Waals surface area contributed by atoms with Crippen molar-refractivity contribution in [1.82, 2.24) is 0 Å². The number of carboxylic acids is 2. The summed E-state index contributed by atoms with van der Waals surface area (Å²) in [7, 11) is 0. The zero-order valence-corrected chi connectivity index (χ0v) is 13.4. The van der Waals surface area contributed by atoms with E-state index < -0.39 is 11.9 Å². The summed E-state index contributed by atoms with van der Waals surface area (Å²) in [6, 6.07) is 4.01. The number of carboxylic acid groups (broad SMARTS) is 2. The summed E-state index contributed by atoms with van der Waals surface area (Å²) < 4.78 is 0. The molecule has 22 heavy (non-hydrogen) atoms. The third-order valence-electron chi connectivity index (χ3n) is 5.17. The van der Waals surface area contributed by atoms with Gasteiger partial charge in [0, 0.05) is 0 Å². The van der Waals surface area contributed by atoms with Gasteiger partial charge in [-0.15, -0.1) is 0 Å². The predicted molar refractivity (Wildman–Crippen MR) is 84.3 cm³/mol. The Hall–Kier alpha value is -1.84. The molecule has 2 saturated carbocycles. The summed E-state index contributed by atoms with van der Waals surface area (Å²) in [5.41, 5.74) is 0.570. The van der Waals surface area contributed by atoms with E-state index in [2.05, 4.69) is 13.8 Å². The van der Waals surface area contributed by atoms with Crippen molar-refractivity contribution in [2.75, 3.05) is 0 Å². The van der Waals surface area contributed by atoms with Crippen LogP contribution in [0.3, 0.4) is 0 Å². The van der Waals surface area contributed by atoms with Crippen molar-refractivity contribution >= 4 is 11.9 Å². The van der Waals surface area contributed by atoms with Crippen LogP contribution in [-0.4, -0.2) is 22.2 Å². The Morgan fingerprint density at radius 1 is 1.14 bits per heavy atom. The fourth-order valence-corrected chi connectivity index (χ4v) is 3.53. The van der Waals surface area contributed by atoms with Gasteiger partial charge in [0.1, 0.15) is 0 Å². The van der Waals surface area contributed by atoms with Crippen LogP contribution in [0, 0.1) is 30.6 Å². The Morgan fingerprint density at radius 2 is 1.82 bits per heavy atom. The fourth-order valence-electron chi connectivity index (χ4n) is 3.53. The first kappa shape index (κ1) is 16.5. The van der Waals surface area contributed by atoms with Crippen molar-refractivity contribution in [2.45, 2.75) is 40.0 Å². The molecule has 0 aliphatic heterocycles. The molecular formula is C18H24O4. The SMILES string of the molecule is CC(C)C1CC2CCC21.Cc1ccc(C(=O)O)cc1C(=O)O. The van der Waals surface area contributed by atoms with Gasteiger partial charge >= 0.3 is 11.9 Å². The van der Waals surface area contributed by atoms with Crippen molar-refractivity contribution < 1.29 is 19.8 Å². The summed E-state index contributed by atoms with van der Waals surface area (Å²) in [5.74, 6) is 2.20. The van der Waals surface area contributed by atoms with Gasteiger partial charge < -0.3 is 10.2 Å². The molecule has 0 saturated heterocycles. The van der Waals surface area contributed by atoms with Crippen LogP contribution in [0.25, 0.3) is 0 Å². The Labute approximate surface area is 131 Å². The molecule has 2 aliphatic carbocycles. The van der Waals surface area contributed by atoms with Crippen molar-refractivity contribution in [3.63, 3.8) is 0 Å². The van der Waals surface area contributed by atoms with Crippen molar-refractivity contribution in [1.29, 1.82) is 0 Å². The van der Waals surface area contributed by atoms with Crippen LogP contribution in [0.15, 0.2) is 18.2 Å². The smallest absolute Gasteiger partial charge is 0.335 e. The van der Waals surface area contributed by atoms with Crippen molar-refractivity contribution in [2.24, 2.45) is 23.7 Å². The number of hydrogen-bond acceptors (Lipinski definition) is 2. The maximum atomic E-state index is 10.6. The molecule has 0 spiro atoms. The van der Waals surface area contributed by atoms with E-state index in [0.717, 1.165) is 17.9 Å². The highest BCUT2D eigenvalue weighted by atomic mass is 16.4. The molecule has 0 bridgehead atoms. The van der Waals surface area contributed by atoms with Crippen molar-refractivity contribution in [3.05, 3.63) is 34.9 Å². The molecule has 2 fully saturated rings. The number of aromatic carboxylic acids is 2. The molecule has 0 heterocycles. The lowest BCUT2D eigenvalue weighted by molar-refractivity contribution is -0.0501. The zero-order chi connectivity index (χ0) is 16.4. The second kappa shape index (κ2) is 6.51. The summed E-state index contributed by atoms with van der Waals surface area (Å²) in [4.78, 5) is 21.1. The van der Waals surface area contributed by atoms with Gasteiger partial charge in [-0.25, -0.2) is 9.59 Å². The van der Waals surface area contributed by atoms with E-state index in [-0.39, 0.29) is 11.1 Å². The second-order valence-electron chi connectivity index (χ2n) is 6.78. The van der Waals surface area contributed by atoms with Gasteiger partial charge in [-0.1, -0.05) is 19.9 Å². The summed E-state index contributed by atoms with van der Waals surface area (Å²) in [6.07, 6.45) is 4.66. The lowest BCUT2D eigenvalue weighted by atomic mass is 9.51. The van der Waals surface area contributed by atoms with Crippen LogP contribution in [0.1, 0.15) is 59.4 Å². The third-order valence-corrected chi connectivity index (χ3v) is 5.17. The molecule has 3 rings (SSSR count). The predicted octanol–water partition coefficient (Wildman–Crippen LogP) is 4.08. The van der Waals surface area contributed by atoms with Crippen molar-refractivity contribution in [3.8, 4) is 0 Å². The molecule has 0 aromatic heterocycles. The molecular weight excluding hydrogens is 280 g/mol. The second-order valence-corrected chi connectivity index (χ2v) is 6.78. The maximum absolute atomic E-state index is 10.6. The normalized spacial score (nSPS) is 25.2. The van der Waals surface area contributed by atoms with Crippen LogP contribution in [0.5, 0.6) is 0 Å². The summed E-state index contributed by atoms with van der Waals surface area (Å²) in [5, 5.41) is 17.3. The highest BCUT2D eigenvalue weighted by Gasteiger charge is 2.47. The van der Waals surface area contributed by atoms with Gasteiger partial charge in [0.05, 0.1) is 11.1 Å². The minimum Gasteiger partial charge on any atom is -0.478 e. The number of carbonyl (C=O) groups is 2. The van der Waals surface area contributed by atoms with E-state index in [1.54, 1.807) is 26.2 Å². The van der Waals surface area contributed by atoms with Gasteiger partial charge in [-0.3, -0.25) is 0 Å². The molecule has 0 amide bonds. The molecule has 0 radical (unpaired) electrons. The number of aryl methyl sites for hydroxylation is 1. The van der Waals surface area contributed by atoms with E-state index in [1.807, 2.05) is 0 Å². The molecule has 4 heteroatoms. The molecule has 1 aromatic rings. The fraction of sp³-hybridized carbons (Fsp3) is 0.556. The summed E-state index contributed by atoms with van der Waals surface area (Å²) >= 11 is 0. The molecule has 3 unspecified atom stereocenters. The largest absolute Gasteiger partial charge is 0.478 e. The topological polar surface area (TPSA) is 74.6 Å². The average molecular weight is 304 g/mol. The maximum Gasteiger partial charge on any atom is 0.335 e. The van der Waals surface area contributed by atoms with Crippen LogP contribution >= 0.6 is 0 Å². The van der Waals surface area contributed by atoms with Crippen LogP contribution in [-0.2, 0) is 0 Å². The Bertz CT molecular complexity index is 576. The standard InChI is InChI=1S/C9H8O4.C9H16/c1-5-2-3-6(8(10)11)4-7(5)9(12)13;1-6(2)9-5-7-3-4-8(7)9/h2-4H,1H3,(H,10,11)(H,12,13);6-9H,3-5H2,1-2H3. The molecule has 3 atom stereocenters. The van der Waals surface area contributed by atoms with Gasteiger partial charge in [-0.05, 0) is 67.6 Å². The Kier molecular flexibility index (Phi) is 4.89. The van der Waals surface area contributed by atoms with E-state index in [4.69, 9.17) is 10.2 Å². The lowest BCUT2D eigenvalue weighted by Crippen LogP contribution is -2.46. The number of hydrogen-bond donors (Lipinski definition) is 2. The highest BCUT2D eigenvalue weighted by Crippen LogP contribution is 2.56. The Balaban J connectivity index is 0.000000170. The summed E-state index contributed by atoms with van der Waals surface area (Å²) in [6.45, 7) is 6.37. The van der Waals surface area contributed by atoms with E-state index in [9.17, 15) is 9.59 Å². The van der Waals surface area contributed by atoms with E-state index in [1.165, 1.54) is 24.0 Å². The third kappa shape index (κ3) is 3.32. The van der Waals surface area contributed by atoms with Gasteiger partial charge in [0.25, 0.3) is 0 Å². The molecule has 120 valence electrons. The minimum absolute atomic E-state index is 0.0111. The minimum atomic E-state index is -1.12. The number of rotatable bonds is 3. The zero-order valence-electron chi connectivity index (χ0n) is 13.4. The highest BCUT2D eigenvalue weighted by molar-refractivity contribution is 5.94. The molecule has 2 N–H and O–H groups in total. The van der Waals surface area contributed by atoms with Crippen LogP contribution in [0.4, 0.5) is 0 Å². The lowest BCUT2D eigenvalue weighted by Gasteiger charge is -2.55.